The van der Waals surface area contributed by atoms with Crippen LogP contribution >= 0.6 is 15.9 Å². The van der Waals surface area contributed by atoms with E-state index in [2.05, 4.69) is 41.3 Å². The Balaban J connectivity index is 1.83. The van der Waals surface area contributed by atoms with E-state index in [1.54, 1.807) is 24.7 Å². The molecule has 3 rings (SSSR count). The summed E-state index contributed by atoms with van der Waals surface area (Å²) in [6.07, 6.45) is 4.86. The van der Waals surface area contributed by atoms with Crippen LogP contribution in [0.1, 0.15) is 5.89 Å². The zero-order chi connectivity index (χ0) is 12.4. The van der Waals surface area contributed by atoms with Gasteiger partial charge in [-0.15, -0.1) is 10.2 Å². The van der Waals surface area contributed by atoms with Crippen LogP contribution in [0.15, 0.2) is 39.6 Å². The van der Waals surface area contributed by atoms with Crippen molar-refractivity contribution in [1.29, 1.82) is 0 Å². The Morgan fingerprint density at radius 3 is 2.72 bits per heavy atom. The molecule has 7 nitrogen and oxygen atoms in total. The molecule has 8 heteroatoms. The molecule has 0 aliphatic heterocycles. The molecule has 0 aliphatic rings. The topological polar surface area (TPSA) is 82.5 Å². The number of hydrogen-bond acceptors (Lipinski definition) is 6. The van der Waals surface area contributed by atoms with E-state index in [9.17, 15) is 0 Å². The lowest BCUT2D eigenvalue weighted by atomic mass is 10.3. The van der Waals surface area contributed by atoms with E-state index in [0.29, 0.717) is 24.0 Å². The quantitative estimate of drug-likeness (QED) is 0.730. The number of nitrogens with zero attached hydrogens (tertiary/aromatic N) is 6. The minimum Gasteiger partial charge on any atom is -0.417 e. The van der Waals surface area contributed by atoms with E-state index in [1.165, 1.54) is 4.80 Å². The number of hydrogen-bond donors (Lipinski definition) is 0. The molecule has 0 radical (unpaired) electrons. The normalized spacial score (nSPS) is 10.7. The molecule has 18 heavy (non-hydrogen) atoms. The fourth-order valence-corrected chi connectivity index (χ4v) is 1.60. The summed E-state index contributed by atoms with van der Waals surface area (Å²) in [7, 11) is 0. The first-order valence-electron chi connectivity index (χ1n) is 5.10. The Kier molecular flexibility index (Phi) is 2.85. The number of pyridine rings is 1. The van der Waals surface area contributed by atoms with Crippen LogP contribution < -0.4 is 0 Å². The van der Waals surface area contributed by atoms with Crippen molar-refractivity contribution in [3.63, 3.8) is 0 Å². The Morgan fingerprint density at radius 1 is 1.17 bits per heavy atom. The molecule has 3 aromatic heterocycles. The van der Waals surface area contributed by atoms with Crippen molar-refractivity contribution >= 4 is 15.9 Å². The van der Waals surface area contributed by atoms with Crippen molar-refractivity contribution in [3.8, 4) is 11.6 Å². The molecule has 0 unspecified atom stereocenters. The molecule has 0 aromatic carbocycles. The van der Waals surface area contributed by atoms with Gasteiger partial charge in [-0.1, -0.05) is 0 Å². The lowest BCUT2D eigenvalue weighted by Crippen LogP contribution is -2.03. The van der Waals surface area contributed by atoms with Crippen LogP contribution in [0.5, 0.6) is 0 Å². The zero-order valence-electron chi connectivity index (χ0n) is 9.06. The summed E-state index contributed by atoms with van der Waals surface area (Å²) in [6.45, 7) is 0.344. The number of rotatable bonds is 3. The van der Waals surface area contributed by atoms with Gasteiger partial charge in [0.2, 0.25) is 5.89 Å². The third-order valence-corrected chi connectivity index (χ3v) is 2.63. The van der Waals surface area contributed by atoms with Gasteiger partial charge in [0, 0.05) is 10.7 Å². The van der Waals surface area contributed by atoms with E-state index in [4.69, 9.17) is 4.42 Å². The molecule has 0 saturated heterocycles. The van der Waals surface area contributed by atoms with Gasteiger partial charge in [-0.05, 0) is 28.1 Å². The highest BCUT2D eigenvalue weighted by Crippen LogP contribution is 2.17. The molecule has 0 fully saturated rings. The highest BCUT2D eigenvalue weighted by Gasteiger charge is 2.10. The van der Waals surface area contributed by atoms with Crippen LogP contribution in [0.25, 0.3) is 11.6 Å². The molecular formula is C10H7BrN6O. The van der Waals surface area contributed by atoms with Crippen LogP contribution in [-0.4, -0.2) is 30.2 Å². The van der Waals surface area contributed by atoms with Crippen LogP contribution in [0.4, 0.5) is 0 Å². The maximum Gasteiger partial charge on any atom is 0.266 e. The molecule has 0 amide bonds. The summed E-state index contributed by atoms with van der Waals surface area (Å²) in [5.41, 5.74) is 0.630. The smallest absolute Gasteiger partial charge is 0.266 e. The van der Waals surface area contributed by atoms with Crippen molar-refractivity contribution < 1.29 is 4.42 Å². The van der Waals surface area contributed by atoms with E-state index < -0.39 is 0 Å². The average Bonchev–Trinajstić information content (AvgIpc) is 3.02. The van der Waals surface area contributed by atoms with E-state index >= 15 is 0 Å². The Hall–Kier alpha value is -2.09. The lowest BCUT2D eigenvalue weighted by molar-refractivity contribution is 0.450. The van der Waals surface area contributed by atoms with Crippen LogP contribution in [0.2, 0.25) is 0 Å². The van der Waals surface area contributed by atoms with Gasteiger partial charge in [0.1, 0.15) is 12.2 Å². The van der Waals surface area contributed by atoms with Gasteiger partial charge in [0.15, 0.2) is 0 Å². The van der Waals surface area contributed by atoms with Gasteiger partial charge in [-0.2, -0.15) is 15.0 Å². The molecular weight excluding hydrogens is 300 g/mol. The third-order valence-electron chi connectivity index (χ3n) is 2.16. The average molecular weight is 307 g/mol. The molecule has 3 heterocycles. The van der Waals surface area contributed by atoms with Gasteiger partial charge in [0.25, 0.3) is 5.89 Å². The maximum absolute atomic E-state index is 5.48. The Morgan fingerprint density at radius 2 is 2.00 bits per heavy atom. The summed E-state index contributed by atoms with van der Waals surface area (Å²) < 4.78 is 6.38. The zero-order valence-corrected chi connectivity index (χ0v) is 10.6. The molecule has 0 atom stereocenters. The highest BCUT2D eigenvalue weighted by atomic mass is 79.9. The molecule has 3 aromatic rings. The summed E-state index contributed by atoms with van der Waals surface area (Å²) in [4.78, 5) is 5.64. The number of aromatic nitrogens is 6. The molecule has 0 spiro atoms. The standard InChI is InChI=1S/C10H7BrN6O/c11-7-1-2-8(12-5-7)10-16-15-9(18-10)6-17-13-3-4-14-17/h1-5H,6H2. The van der Waals surface area contributed by atoms with Crippen LogP contribution in [-0.2, 0) is 6.54 Å². The molecule has 0 bridgehead atoms. The predicted molar refractivity (Wildman–Crippen MR) is 64.4 cm³/mol. The van der Waals surface area contributed by atoms with Gasteiger partial charge < -0.3 is 4.42 Å². The molecule has 0 saturated carbocycles. The monoisotopic (exact) mass is 306 g/mol. The van der Waals surface area contributed by atoms with E-state index in [0.717, 1.165) is 4.47 Å². The largest absolute Gasteiger partial charge is 0.417 e. The van der Waals surface area contributed by atoms with Crippen molar-refractivity contribution in [1.82, 2.24) is 30.2 Å². The number of halogens is 1. The molecule has 0 N–H and O–H groups in total. The Labute approximate surface area is 110 Å². The van der Waals surface area contributed by atoms with Gasteiger partial charge >= 0.3 is 0 Å². The second-order valence-electron chi connectivity index (χ2n) is 3.42. The fourth-order valence-electron chi connectivity index (χ4n) is 1.37. The van der Waals surface area contributed by atoms with Gasteiger partial charge in [-0.3, -0.25) is 0 Å². The van der Waals surface area contributed by atoms with Crippen molar-refractivity contribution in [2.45, 2.75) is 6.54 Å². The van der Waals surface area contributed by atoms with E-state index in [-0.39, 0.29) is 0 Å². The van der Waals surface area contributed by atoms with Gasteiger partial charge in [-0.25, -0.2) is 4.98 Å². The molecule has 90 valence electrons. The third kappa shape index (κ3) is 2.28. The first-order chi connectivity index (χ1) is 8.81. The summed E-state index contributed by atoms with van der Waals surface area (Å²) >= 11 is 3.31. The van der Waals surface area contributed by atoms with Crippen molar-refractivity contribution in [2.75, 3.05) is 0 Å². The summed E-state index contributed by atoms with van der Waals surface area (Å²) in [5.74, 6) is 0.815. The summed E-state index contributed by atoms with van der Waals surface area (Å²) in [6, 6.07) is 3.66. The lowest BCUT2D eigenvalue weighted by Gasteiger charge is -1.94. The van der Waals surface area contributed by atoms with Crippen molar-refractivity contribution in [2.24, 2.45) is 0 Å². The first kappa shape index (κ1) is 11.0. The second-order valence-corrected chi connectivity index (χ2v) is 4.34. The molecule has 0 aliphatic carbocycles. The first-order valence-corrected chi connectivity index (χ1v) is 5.89. The minimum atomic E-state index is 0.344. The SMILES string of the molecule is Brc1ccc(-c2nnc(Cn3nccn3)o2)nc1. The predicted octanol–water partition coefficient (Wildman–Crippen LogP) is 1.53. The second kappa shape index (κ2) is 4.65. The van der Waals surface area contributed by atoms with Crippen LogP contribution in [0, 0.1) is 0 Å². The van der Waals surface area contributed by atoms with E-state index in [1.807, 2.05) is 6.07 Å². The maximum atomic E-state index is 5.48. The highest BCUT2D eigenvalue weighted by molar-refractivity contribution is 9.10. The summed E-state index contributed by atoms with van der Waals surface area (Å²) in [5, 5.41) is 15.8. The fraction of sp³-hybridized carbons (Fsp3) is 0.100. The van der Waals surface area contributed by atoms with Crippen molar-refractivity contribution in [3.05, 3.63) is 41.1 Å². The minimum absolute atomic E-state index is 0.344. The van der Waals surface area contributed by atoms with Gasteiger partial charge in [0.05, 0.1) is 12.4 Å². The van der Waals surface area contributed by atoms with Crippen LogP contribution in [0.3, 0.4) is 0 Å². The Bertz CT molecular complexity index is 633.